The second kappa shape index (κ2) is 5.01. The summed E-state index contributed by atoms with van der Waals surface area (Å²) in [6.07, 6.45) is 5.05. The number of anilines is 1. The van der Waals surface area contributed by atoms with Crippen molar-refractivity contribution in [3.63, 3.8) is 0 Å². The van der Waals surface area contributed by atoms with Gasteiger partial charge in [0, 0.05) is 12.6 Å². The van der Waals surface area contributed by atoms with Crippen LogP contribution in [0.1, 0.15) is 38.6 Å². The molecule has 1 saturated carbocycles. The van der Waals surface area contributed by atoms with E-state index in [1.165, 1.54) is 25.7 Å². The van der Waals surface area contributed by atoms with E-state index >= 15 is 0 Å². The number of aromatic amines is 1. The Morgan fingerprint density at radius 2 is 2.17 bits per heavy atom. The predicted octanol–water partition coefficient (Wildman–Crippen LogP) is 2.28. The van der Waals surface area contributed by atoms with Crippen LogP contribution >= 0.6 is 12.2 Å². The van der Waals surface area contributed by atoms with Gasteiger partial charge in [-0.3, -0.25) is 4.57 Å². The minimum atomic E-state index is 0.365. The van der Waals surface area contributed by atoms with Crippen molar-refractivity contribution in [2.75, 3.05) is 24.7 Å². The summed E-state index contributed by atoms with van der Waals surface area (Å²) in [5.41, 5.74) is 0. The van der Waals surface area contributed by atoms with E-state index in [-0.39, 0.29) is 0 Å². The topological polar surface area (TPSA) is 46.1 Å². The highest BCUT2D eigenvalue weighted by Gasteiger charge is 2.27. The fourth-order valence-electron chi connectivity index (χ4n) is 3.01. The largest absolute Gasteiger partial charge is 0.377 e. The van der Waals surface area contributed by atoms with Gasteiger partial charge in [0.15, 0.2) is 4.77 Å². The van der Waals surface area contributed by atoms with Gasteiger partial charge in [0.1, 0.15) is 0 Å². The third-order valence-electron chi connectivity index (χ3n) is 4.00. The maximum atomic E-state index is 5.49. The maximum Gasteiger partial charge on any atom is 0.226 e. The quantitative estimate of drug-likeness (QED) is 0.836. The van der Waals surface area contributed by atoms with Crippen molar-refractivity contribution in [2.45, 2.75) is 44.7 Å². The molecule has 1 unspecified atom stereocenters. The molecule has 6 heteroatoms. The van der Waals surface area contributed by atoms with Crippen LogP contribution in [0.4, 0.5) is 5.95 Å². The van der Waals surface area contributed by atoms with Crippen LogP contribution in [-0.2, 0) is 4.74 Å². The molecule has 1 aliphatic carbocycles. The molecule has 1 aromatic rings. The number of hydrogen-bond donors (Lipinski definition) is 1. The van der Waals surface area contributed by atoms with E-state index in [4.69, 9.17) is 17.0 Å². The Kier molecular flexibility index (Phi) is 3.39. The lowest BCUT2D eigenvalue weighted by molar-refractivity contribution is 0.0975. The molecule has 2 heterocycles. The fraction of sp³-hybridized carbons (Fsp3) is 0.833. The van der Waals surface area contributed by atoms with E-state index in [0.29, 0.717) is 12.1 Å². The Bertz CT molecular complexity index is 463. The van der Waals surface area contributed by atoms with Gasteiger partial charge in [0.05, 0.1) is 19.3 Å². The van der Waals surface area contributed by atoms with Gasteiger partial charge in [-0.05, 0) is 32.0 Å². The van der Waals surface area contributed by atoms with Gasteiger partial charge in [0.25, 0.3) is 0 Å². The monoisotopic (exact) mass is 268 g/mol. The molecule has 100 valence electrons. The van der Waals surface area contributed by atoms with Crippen LogP contribution in [0.2, 0.25) is 0 Å². The number of nitrogens with zero attached hydrogens (tertiary/aromatic N) is 3. The van der Waals surface area contributed by atoms with Crippen molar-refractivity contribution in [1.82, 2.24) is 14.8 Å². The zero-order valence-electron chi connectivity index (χ0n) is 10.8. The second-order valence-corrected chi connectivity index (χ2v) is 5.64. The molecule has 0 aromatic carbocycles. The van der Waals surface area contributed by atoms with Crippen molar-refractivity contribution >= 4 is 18.2 Å². The van der Waals surface area contributed by atoms with Crippen molar-refractivity contribution in [1.29, 1.82) is 0 Å². The molecular weight excluding hydrogens is 248 g/mol. The first kappa shape index (κ1) is 12.2. The van der Waals surface area contributed by atoms with Gasteiger partial charge >= 0.3 is 0 Å². The summed E-state index contributed by atoms with van der Waals surface area (Å²) >= 11 is 5.40. The highest BCUT2D eigenvalue weighted by Crippen LogP contribution is 2.33. The lowest BCUT2D eigenvalue weighted by atomic mass is 10.2. The molecule has 18 heavy (non-hydrogen) atoms. The summed E-state index contributed by atoms with van der Waals surface area (Å²) in [6, 6.07) is 0.894. The minimum Gasteiger partial charge on any atom is -0.377 e. The summed E-state index contributed by atoms with van der Waals surface area (Å²) in [6.45, 7) is 4.61. The highest BCUT2D eigenvalue weighted by molar-refractivity contribution is 7.71. The molecule has 5 nitrogen and oxygen atoms in total. The summed E-state index contributed by atoms with van der Waals surface area (Å²) in [5.74, 6) is 1.00. The molecule has 0 bridgehead atoms. The average molecular weight is 268 g/mol. The molecule has 0 spiro atoms. The number of morpholine rings is 1. The Morgan fingerprint density at radius 3 is 2.89 bits per heavy atom. The molecule has 2 fully saturated rings. The minimum absolute atomic E-state index is 0.365. The summed E-state index contributed by atoms with van der Waals surface area (Å²) in [5, 5.41) is 7.42. The summed E-state index contributed by atoms with van der Waals surface area (Å²) in [7, 11) is 0. The SMILES string of the molecule is CC1COCCN1c1n[nH]c(=S)n1C1CCCC1. The molecule has 1 aromatic heterocycles. The van der Waals surface area contributed by atoms with Crippen LogP contribution in [-0.4, -0.2) is 40.6 Å². The Balaban J connectivity index is 1.93. The third-order valence-corrected chi connectivity index (χ3v) is 4.29. The Labute approximate surface area is 112 Å². The summed E-state index contributed by atoms with van der Waals surface area (Å²) < 4.78 is 8.48. The number of hydrogen-bond acceptors (Lipinski definition) is 4. The molecule has 0 amide bonds. The zero-order chi connectivity index (χ0) is 12.5. The van der Waals surface area contributed by atoms with Crippen LogP contribution in [0.15, 0.2) is 0 Å². The normalized spacial score (nSPS) is 25.8. The van der Waals surface area contributed by atoms with E-state index in [2.05, 4.69) is 26.6 Å². The lowest BCUT2D eigenvalue weighted by Gasteiger charge is -2.34. The van der Waals surface area contributed by atoms with Gasteiger partial charge in [-0.1, -0.05) is 12.8 Å². The highest BCUT2D eigenvalue weighted by atomic mass is 32.1. The first-order valence-electron chi connectivity index (χ1n) is 6.78. The van der Waals surface area contributed by atoms with Crippen molar-refractivity contribution in [2.24, 2.45) is 0 Å². The van der Waals surface area contributed by atoms with Crippen molar-refractivity contribution in [3.05, 3.63) is 4.77 Å². The number of rotatable bonds is 2. The molecule has 1 atom stereocenters. The van der Waals surface area contributed by atoms with E-state index in [9.17, 15) is 0 Å². The standard InChI is InChI=1S/C12H20N4OS/c1-9-8-17-7-6-15(9)11-13-14-12(18)16(11)10-4-2-3-5-10/h9-10H,2-8H2,1H3,(H,14,18). The van der Waals surface area contributed by atoms with Gasteiger partial charge in [-0.15, -0.1) is 5.10 Å². The third kappa shape index (κ3) is 2.07. The maximum absolute atomic E-state index is 5.49. The van der Waals surface area contributed by atoms with E-state index < -0.39 is 0 Å². The number of ether oxygens (including phenoxy) is 1. The van der Waals surface area contributed by atoms with Crippen LogP contribution in [0.25, 0.3) is 0 Å². The first-order chi connectivity index (χ1) is 8.77. The molecule has 3 rings (SSSR count). The number of H-pyrrole nitrogens is 1. The summed E-state index contributed by atoms with van der Waals surface area (Å²) in [4.78, 5) is 2.31. The fourth-order valence-corrected chi connectivity index (χ4v) is 3.29. The van der Waals surface area contributed by atoms with Crippen LogP contribution < -0.4 is 4.90 Å². The average Bonchev–Trinajstić information content (AvgIpc) is 2.98. The van der Waals surface area contributed by atoms with Crippen LogP contribution in [0.5, 0.6) is 0 Å². The van der Waals surface area contributed by atoms with Crippen LogP contribution in [0, 0.1) is 4.77 Å². The van der Waals surface area contributed by atoms with Gasteiger partial charge in [0.2, 0.25) is 5.95 Å². The first-order valence-corrected chi connectivity index (χ1v) is 7.19. The smallest absolute Gasteiger partial charge is 0.226 e. The lowest BCUT2D eigenvalue weighted by Crippen LogP contribution is -2.45. The predicted molar refractivity (Wildman–Crippen MR) is 72.5 cm³/mol. The van der Waals surface area contributed by atoms with E-state index in [0.717, 1.165) is 30.5 Å². The zero-order valence-corrected chi connectivity index (χ0v) is 11.6. The van der Waals surface area contributed by atoms with Gasteiger partial charge in [-0.25, -0.2) is 5.10 Å². The number of nitrogens with one attached hydrogen (secondary N) is 1. The van der Waals surface area contributed by atoms with Crippen molar-refractivity contribution < 1.29 is 4.74 Å². The molecule has 1 aliphatic heterocycles. The van der Waals surface area contributed by atoms with Gasteiger partial charge in [-0.2, -0.15) is 0 Å². The van der Waals surface area contributed by atoms with E-state index in [1.807, 2.05) is 0 Å². The molecule has 2 aliphatic rings. The Morgan fingerprint density at radius 1 is 1.39 bits per heavy atom. The molecule has 1 N–H and O–H groups in total. The van der Waals surface area contributed by atoms with Crippen molar-refractivity contribution in [3.8, 4) is 0 Å². The van der Waals surface area contributed by atoms with Crippen LogP contribution in [0.3, 0.4) is 0 Å². The van der Waals surface area contributed by atoms with E-state index in [1.54, 1.807) is 0 Å². The molecule has 0 radical (unpaired) electrons. The Hall–Kier alpha value is -0.880. The van der Waals surface area contributed by atoms with Gasteiger partial charge < -0.3 is 9.64 Å². The second-order valence-electron chi connectivity index (χ2n) is 5.25. The number of aromatic nitrogens is 3. The molecule has 1 saturated heterocycles. The molecular formula is C12H20N4OS.